The van der Waals surface area contributed by atoms with Gasteiger partial charge in [0.15, 0.2) is 0 Å². The third-order valence-corrected chi connectivity index (χ3v) is 16.2. The summed E-state index contributed by atoms with van der Waals surface area (Å²) in [5, 5.41) is 0. The van der Waals surface area contributed by atoms with E-state index in [0.29, 0.717) is 19.3 Å². The van der Waals surface area contributed by atoms with Crippen molar-refractivity contribution in [3.63, 3.8) is 0 Å². The van der Waals surface area contributed by atoms with E-state index < -0.39 is 113 Å². The van der Waals surface area contributed by atoms with Crippen LogP contribution in [0.4, 0.5) is 39.5 Å². The molecular weight excluding hydrogens is 1160 g/mol. The summed E-state index contributed by atoms with van der Waals surface area (Å²) in [7, 11) is 2.20. The minimum Gasteiger partial charge on any atom is -0.459 e. The van der Waals surface area contributed by atoms with Gasteiger partial charge in [0.2, 0.25) is 0 Å². The van der Waals surface area contributed by atoms with E-state index in [2.05, 4.69) is 6.92 Å². The SMILES string of the molecule is CCCCCCCCCCCC[C@@H](OC(=O)[C@@](OC)(c1ccccc1)C(F)(F)F)[C@H]1CC[C@@H]([C@@H](CCCCCC(=O)CCCC[C@H](CC2=C[C@H](C)OC2=O)OC(=O)[C@@](OC)(c2ccccc2)C(F)(F)F)OC(=O)[C@@](OC)(c2ccccc2)C(F)(F)F)O1. The summed E-state index contributed by atoms with van der Waals surface area (Å²) in [4.78, 5) is 67.7. The van der Waals surface area contributed by atoms with Gasteiger partial charge in [0.25, 0.3) is 16.8 Å². The average Bonchev–Trinajstić information content (AvgIpc) is 1.28. The summed E-state index contributed by atoms with van der Waals surface area (Å²) >= 11 is 0. The van der Waals surface area contributed by atoms with Crippen molar-refractivity contribution in [2.75, 3.05) is 21.3 Å². The number of cyclic esters (lactones) is 1. The van der Waals surface area contributed by atoms with Gasteiger partial charge >= 0.3 is 42.4 Å². The zero-order chi connectivity index (χ0) is 63.9. The van der Waals surface area contributed by atoms with Crippen LogP contribution in [-0.2, 0) is 78.7 Å². The van der Waals surface area contributed by atoms with Gasteiger partial charge in [0, 0.05) is 62.9 Å². The van der Waals surface area contributed by atoms with Crippen molar-refractivity contribution in [3.8, 4) is 0 Å². The molecule has 0 N–H and O–H groups in total. The Morgan fingerprint density at radius 1 is 0.494 bits per heavy atom. The van der Waals surface area contributed by atoms with Gasteiger partial charge in [-0.2, -0.15) is 39.5 Å². The Balaban J connectivity index is 1.29. The maximum Gasteiger partial charge on any atom is 0.432 e. The van der Waals surface area contributed by atoms with Crippen LogP contribution in [0, 0.1) is 0 Å². The highest BCUT2D eigenvalue weighted by molar-refractivity contribution is 5.91. The predicted molar refractivity (Wildman–Crippen MR) is 302 cm³/mol. The zero-order valence-electron chi connectivity index (χ0n) is 50.2. The average molecular weight is 1240 g/mol. The van der Waals surface area contributed by atoms with Gasteiger partial charge in [-0.05, 0) is 77.2 Å². The number of rotatable bonds is 38. The van der Waals surface area contributed by atoms with Crippen molar-refractivity contribution in [1.29, 1.82) is 0 Å². The highest BCUT2D eigenvalue weighted by atomic mass is 19.4. The molecule has 22 heteroatoms. The molecule has 3 aromatic carbocycles. The number of hydrogen-bond acceptors (Lipinski definition) is 13. The lowest BCUT2D eigenvalue weighted by molar-refractivity contribution is -0.281. The molecule has 0 bridgehead atoms. The van der Waals surface area contributed by atoms with Gasteiger partial charge in [-0.3, -0.25) is 4.79 Å². The number of esters is 4. The standard InChI is InChI=1S/C65H83F9O13/c1-6-7-8-9-10-11-12-13-14-26-39-52(86-58(78)61(81-4,64(69,70)71)48-32-21-16-22-33-48)54-41-42-55(85-54)53(87-59(79)62(82-5,65(72,73)74)49-34-23-17-24-35-49)40-27-18-25-36-50(75)37-28-29-38-51(44-46-43-45(2)83-56(46)76)84-57(77)60(80-3,63(66,67)68)47-30-19-15-20-31-47/h15-17,19-24,30-35,43,45,51-55H,6-14,18,25-29,36-42,44H2,1-5H3/t45-,51+,52+,53+,54+,55-,60-,61-,62-/m0/s1. The van der Waals surface area contributed by atoms with Crippen LogP contribution in [0.15, 0.2) is 103 Å². The molecule has 5 rings (SSSR count). The number of Topliss-reactive ketones (excluding diaryl/α,β-unsaturated/α-hetero) is 1. The molecule has 2 heterocycles. The van der Waals surface area contributed by atoms with E-state index in [-0.39, 0.29) is 88.4 Å². The zero-order valence-corrected chi connectivity index (χ0v) is 50.2. The molecule has 9 atom stereocenters. The smallest absolute Gasteiger partial charge is 0.432 e. The normalized spacial score (nSPS) is 19.6. The molecule has 0 spiro atoms. The van der Waals surface area contributed by atoms with Gasteiger partial charge in [-0.15, -0.1) is 0 Å². The molecule has 0 aliphatic carbocycles. The van der Waals surface area contributed by atoms with Crippen molar-refractivity contribution in [1.82, 2.24) is 0 Å². The molecule has 2 aliphatic rings. The molecule has 0 saturated carbocycles. The number of alkyl halides is 9. The largest absolute Gasteiger partial charge is 0.459 e. The first-order valence-corrected chi connectivity index (χ1v) is 30.1. The van der Waals surface area contributed by atoms with Gasteiger partial charge in [0.05, 0.1) is 12.2 Å². The van der Waals surface area contributed by atoms with E-state index in [0.717, 1.165) is 109 Å². The Morgan fingerprint density at radius 3 is 1.20 bits per heavy atom. The molecule has 0 aromatic heterocycles. The van der Waals surface area contributed by atoms with Crippen molar-refractivity contribution in [3.05, 3.63) is 119 Å². The maximum atomic E-state index is 15.2. The lowest BCUT2D eigenvalue weighted by atomic mass is 9.92. The number of benzene rings is 3. The molecule has 0 radical (unpaired) electrons. The minimum atomic E-state index is -5.35. The van der Waals surface area contributed by atoms with Gasteiger partial charge in [-0.25, -0.2) is 19.2 Å². The number of unbranched alkanes of at least 4 members (excludes halogenated alkanes) is 12. The van der Waals surface area contributed by atoms with Gasteiger partial charge < -0.3 is 37.9 Å². The molecule has 0 unspecified atom stereocenters. The molecule has 1 saturated heterocycles. The Kier molecular flexibility index (Phi) is 27.8. The summed E-state index contributed by atoms with van der Waals surface area (Å²) in [6.07, 6.45) is -10.9. The lowest BCUT2D eigenvalue weighted by Crippen LogP contribution is -2.53. The van der Waals surface area contributed by atoms with Crippen molar-refractivity contribution >= 4 is 29.7 Å². The van der Waals surface area contributed by atoms with Crippen molar-refractivity contribution in [2.24, 2.45) is 0 Å². The van der Waals surface area contributed by atoms with E-state index in [1.54, 1.807) is 6.92 Å². The molecule has 484 valence electrons. The Bertz CT molecular complexity index is 2640. The van der Waals surface area contributed by atoms with Crippen LogP contribution >= 0.6 is 0 Å². The van der Waals surface area contributed by atoms with Crippen LogP contribution in [-0.4, -0.2) is 106 Å². The quantitative estimate of drug-likeness (QED) is 0.0231. The second-order valence-electron chi connectivity index (χ2n) is 22.3. The maximum absolute atomic E-state index is 15.2. The summed E-state index contributed by atoms with van der Waals surface area (Å²) < 4.78 is 179. The third kappa shape index (κ3) is 18.6. The number of carbonyl (C=O) groups is 5. The fourth-order valence-electron chi connectivity index (χ4n) is 11.4. The molecule has 1 fully saturated rings. The first kappa shape index (κ1) is 71.9. The number of ether oxygens (including phenoxy) is 8. The second kappa shape index (κ2) is 33.7. The van der Waals surface area contributed by atoms with Crippen LogP contribution < -0.4 is 0 Å². The van der Waals surface area contributed by atoms with Crippen LogP contribution in [0.1, 0.15) is 178 Å². The highest BCUT2D eigenvalue weighted by Gasteiger charge is 2.67. The summed E-state index contributed by atoms with van der Waals surface area (Å²) in [5.41, 5.74) is -12.1. The second-order valence-corrected chi connectivity index (χ2v) is 22.3. The van der Waals surface area contributed by atoms with E-state index >= 15 is 26.3 Å². The fourth-order valence-corrected chi connectivity index (χ4v) is 11.4. The summed E-state index contributed by atoms with van der Waals surface area (Å²) in [5.74, 6) is -6.22. The van der Waals surface area contributed by atoms with E-state index in [1.165, 1.54) is 60.7 Å². The predicted octanol–water partition coefficient (Wildman–Crippen LogP) is 15.2. The van der Waals surface area contributed by atoms with Crippen molar-refractivity contribution < 1.29 is 101 Å². The fraction of sp³-hybridized carbons (Fsp3) is 0.615. The molecular formula is C65H83F9O13. The van der Waals surface area contributed by atoms with Crippen LogP contribution in [0.2, 0.25) is 0 Å². The summed E-state index contributed by atoms with van der Waals surface area (Å²) in [6, 6.07) is 18.7. The van der Waals surface area contributed by atoms with Crippen molar-refractivity contribution in [2.45, 2.75) is 233 Å². The van der Waals surface area contributed by atoms with E-state index in [1.807, 2.05) is 0 Å². The summed E-state index contributed by atoms with van der Waals surface area (Å²) in [6.45, 7) is 3.72. The topological polar surface area (TPSA) is 159 Å². The number of methoxy groups -OCH3 is 3. The third-order valence-electron chi connectivity index (χ3n) is 16.2. The van der Waals surface area contributed by atoms with Gasteiger partial charge in [0.1, 0.15) is 30.2 Å². The number of halogens is 9. The molecule has 2 aliphatic heterocycles. The van der Waals surface area contributed by atoms with Crippen LogP contribution in [0.25, 0.3) is 0 Å². The molecule has 0 amide bonds. The first-order chi connectivity index (χ1) is 41.4. The van der Waals surface area contributed by atoms with Gasteiger partial charge in [-0.1, -0.05) is 162 Å². The minimum absolute atomic E-state index is 0.00919. The molecule has 13 nitrogen and oxygen atoms in total. The van der Waals surface area contributed by atoms with Crippen LogP contribution in [0.5, 0.6) is 0 Å². The molecule has 87 heavy (non-hydrogen) atoms. The van der Waals surface area contributed by atoms with E-state index in [4.69, 9.17) is 37.9 Å². The number of ketones is 1. The Hall–Kier alpha value is -5.84. The van der Waals surface area contributed by atoms with E-state index in [9.17, 15) is 37.1 Å². The lowest BCUT2D eigenvalue weighted by Gasteiger charge is -2.36. The Labute approximate surface area is 503 Å². The Morgan fingerprint density at radius 2 is 0.839 bits per heavy atom. The highest BCUT2D eigenvalue weighted by Crippen LogP contribution is 2.47. The number of carbonyl (C=O) groups excluding carboxylic acids is 5. The number of hydrogen-bond donors (Lipinski definition) is 0. The van der Waals surface area contributed by atoms with Crippen LogP contribution in [0.3, 0.4) is 0 Å². The first-order valence-electron chi connectivity index (χ1n) is 30.1. The molecule has 3 aromatic rings. The monoisotopic (exact) mass is 1240 g/mol.